The van der Waals surface area contributed by atoms with E-state index in [9.17, 15) is 14.9 Å². The van der Waals surface area contributed by atoms with Crippen LogP contribution in [-0.4, -0.2) is 38.5 Å². The number of esters is 1. The smallest absolute Gasteiger partial charge is 0.433 e. The molecule has 0 unspecified atom stereocenters. The molecule has 0 aliphatic carbocycles. The van der Waals surface area contributed by atoms with Crippen LogP contribution in [0, 0.1) is 10.1 Å². The lowest BCUT2D eigenvalue weighted by atomic mass is 10.2. The number of nitro groups is 1. The number of anilines is 1. The van der Waals surface area contributed by atoms with Crippen molar-refractivity contribution < 1.29 is 18.9 Å². The summed E-state index contributed by atoms with van der Waals surface area (Å²) in [6.07, 6.45) is 4.23. The van der Waals surface area contributed by atoms with Crippen molar-refractivity contribution in [2.45, 2.75) is 20.4 Å². The van der Waals surface area contributed by atoms with E-state index in [1.165, 1.54) is 24.5 Å². The first-order chi connectivity index (χ1) is 13.0. The fraction of sp³-hybridized carbons (Fsp3) is 0.250. The van der Waals surface area contributed by atoms with Crippen LogP contribution in [0.5, 0.6) is 0 Å². The number of hydrogen-bond acceptors (Lipinski definition) is 9. The quantitative estimate of drug-likeness (QED) is 0.289. The number of pyridine rings is 1. The molecule has 3 heterocycles. The molecule has 0 saturated heterocycles. The third-order valence-corrected chi connectivity index (χ3v) is 3.62. The van der Waals surface area contributed by atoms with Crippen molar-refractivity contribution in [1.82, 2.24) is 14.8 Å². The summed E-state index contributed by atoms with van der Waals surface area (Å²) in [5, 5.41) is 19.5. The van der Waals surface area contributed by atoms with E-state index in [-0.39, 0.29) is 23.8 Å². The van der Waals surface area contributed by atoms with Crippen LogP contribution in [-0.2, 0) is 11.3 Å². The number of nitrogens with one attached hydrogen (secondary N) is 1. The molecular weight excluding hydrogens is 356 g/mol. The fourth-order valence-electron chi connectivity index (χ4n) is 2.41. The van der Waals surface area contributed by atoms with E-state index in [4.69, 9.17) is 9.15 Å². The molecule has 0 aliphatic heterocycles. The van der Waals surface area contributed by atoms with E-state index in [2.05, 4.69) is 20.6 Å². The van der Waals surface area contributed by atoms with Crippen molar-refractivity contribution >= 4 is 34.8 Å². The van der Waals surface area contributed by atoms with E-state index >= 15 is 0 Å². The average molecular weight is 372 g/mol. The van der Waals surface area contributed by atoms with Crippen molar-refractivity contribution in [3.05, 3.63) is 46.0 Å². The minimum Gasteiger partial charge on any atom is -0.462 e. The molecule has 27 heavy (non-hydrogen) atoms. The lowest BCUT2D eigenvalue weighted by molar-refractivity contribution is -0.402. The summed E-state index contributed by atoms with van der Waals surface area (Å²) >= 11 is 0. The Labute approximate surface area is 152 Å². The number of aryl methyl sites for hydroxylation is 1. The van der Waals surface area contributed by atoms with Crippen molar-refractivity contribution in [2.24, 2.45) is 5.10 Å². The molecule has 3 aromatic heterocycles. The Morgan fingerprint density at radius 3 is 2.93 bits per heavy atom. The van der Waals surface area contributed by atoms with Crippen molar-refractivity contribution in [3.63, 3.8) is 0 Å². The monoisotopic (exact) mass is 372 g/mol. The summed E-state index contributed by atoms with van der Waals surface area (Å²) in [6, 6.07) is 2.63. The van der Waals surface area contributed by atoms with Crippen molar-refractivity contribution in [2.75, 3.05) is 12.0 Å². The summed E-state index contributed by atoms with van der Waals surface area (Å²) in [4.78, 5) is 26.5. The van der Waals surface area contributed by atoms with Crippen molar-refractivity contribution in [3.8, 4) is 0 Å². The van der Waals surface area contributed by atoms with Gasteiger partial charge in [-0.15, -0.1) is 0 Å². The highest BCUT2D eigenvalue weighted by atomic mass is 16.6. The van der Waals surface area contributed by atoms with Crippen LogP contribution in [0.2, 0.25) is 0 Å². The maximum Gasteiger partial charge on any atom is 0.433 e. The summed E-state index contributed by atoms with van der Waals surface area (Å²) in [5.41, 5.74) is 3.91. The molecule has 3 rings (SSSR count). The van der Waals surface area contributed by atoms with E-state index in [1.54, 1.807) is 17.8 Å². The molecule has 0 atom stereocenters. The molecule has 11 heteroatoms. The van der Waals surface area contributed by atoms with Crippen LogP contribution in [0.3, 0.4) is 0 Å². The zero-order valence-electron chi connectivity index (χ0n) is 14.6. The molecule has 0 bridgehead atoms. The third kappa shape index (κ3) is 3.61. The summed E-state index contributed by atoms with van der Waals surface area (Å²) in [6.45, 7) is 4.44. The van der Waals surface area contributed by atoms with Gasteiger partial charge >= 0.3 is 11.9 Å². The van der Waals surface area contributed by atoms with E-state index in [0.29, 0.717) is 23.3 Å². The van der Waals surface area contributed by atoms with Gasteiger partial charge in [-0.05, 0) is 19.9 Å². The second kappa shape index (κ2) is 7.64. The number of rotatable bonds is 7. The SMILES string of the molecule is CCOC(=O)c1cnc2c(cnn2CC)c1NN=Cc1ccc([N+](=O)[O-])o1. The summed E-state index contributed by atoms with van der Waals surface area (Å²) in [5.74, 6) is -0.761. The number of fused-ring (bicyclic) bond motifs is 1. The Hall–Kier alpha value is -3.76. The topological polar surface area (TPSA) is 138 Å². The predicted octanol–water partition coefficient (Wildman–Crippen LogP) is 2.58. The second-order valence-electron chi connectivity index (χ2n) is 5.27. The molecule has 0 aromatic carbocycles. The minimum atomic E-state index is -0.644. The Morgan fingerprint density at radius 1 is 1.44 bits per heavy atom. The Balaban J connectivity index is 1.95. The lowest BCUT2D eigenvalue weighted by Gasteiger charge is -2.09. The van der Waals surface area contributed by atoms with Gasteiger partial charge in [0.05, 0.1) is 36.2 Å². The number of hydrazone groups is 1. The van der Waals surface area contributed by atoms with Crippen LogP contribution in [0.4, 0.5) is 11.6 Å². The highest BCUT2D eigenvalue weighted by Gasteiger charge is 2.19. The summed E-state index contributed by atoms with van der Waals surface area (Å²) < 4.78 is 11.7. The van der Waals surface area contributed by atoms with Gasteiger partial charge in [-0.25, -0.2) is 14.5 Å². The molecular formula is C16H16N6O5. The Kier molecular flexibility index (Phi) is 5.11. The van der Waals surface area contributed by atoms with Gasteiger partial charge in [0, 0.05) is 12.7 Å². The third-order valence-electron chi connectivity index (χ3n) is 3.62. The predicted molar refractivity (Wildman–Crippen MR) is 95.7 cm³/mol. The first-order valence-electron chi connectivity index (χ1n) is 8.10. The summed E-state index contributed by atoms with van der Waals surface area (Å²) in [7, 11) is 0. The van der Waals surface area contributed by atoms with Gasteiger partial charge in [0.15, 0.2) is 11.4 Å². The molecule has 0 aliphatic rings. The standard InChI is InChI=1S/C16H16N6O5/c1-3-21-15-11(9-19-21)14(12(8-17-15)16(23)26-4-2)20-18-7-10-5-6-13(27-10)22(24)25/h5-9H,3-4H2,1-2H3,(H,17,20). The van der Waals surface area contributed by atoms with E-state index < -0.39 is 10.9 Å². The first kappa shape index (κ1) is 18.0. The molecule has 0 saturated carbocycles. The zero-order valence-corrected chi connectivity index (χ0v) is 14.6. The van der Waals surface area contributed by atoms with Gasteiger partial charge in [-0.3, -0.25) is 15.5 Å². The molecule has 3 aromatic rings. The van der Waals surface area contributed by atoms with Gasteiger partial charge in [-0.1, -0.05) is 0 Å². The largest absolute Gasteiger partial charge is 0.462 e. The maximum atomic E-state index is 12.2. The lowest BCUT2D eigenvalue weighted by Crippen LogP contribution is -2.09. The number of carbonyl (C=O) groups excluding carboxylic acids is 1. The fourth-order valence-corrected chi connectivity index (χ4v) is 2.41. The molecule has 140 valence electrons. The minimum absolute atomic E-state index is 0.182. The van der Waals surface area contributed by atoms with Crippen LogP contribution < -0.4 is 5.43 Å². The number of nitrogens with zero attached hydrogens (tertiary/aromatic N) is 5. The average Bonchev–Trinajstić information content (AvgIpc) is 3.28. The normalized spacial score (nSPS) is 11.2. The number of carbonyl (C=O) groups is 1. The molecule has 0 fully saturated rings. The molecule has 1 N–H and O–H groups in total. The Morgan fingerprint density at radius 2 is 2.26 bits per heavy atom. The van der Waals surface area contributed by atoms with Crippen molar-refractivity contribution in [1.29, 1.82) is 0 Å². The number of aromatic nitrogens is 3. The van der Waals surface area contributed by atoms with Crippen LogP contribution in [0.15, 0.2) is 34.0 Å². The first-order valence-corrected chi connectivity index (χ1v) is 8.10. The number of hydrogen-bond donors (Lipinski definition) is 1. The second-order valence-corrected chi connectivity index (χ2v) is 5.27. The number of ether oxygens (including phenoxy) is 1. The van der Waals surface area contributed by atoms with Crippen LogP contribution in [0.25, 0.3) is 11.0 Å². The van der Waals surface area contributed by atoms with Gasteiger partial charge in [0.1, 0.15) is 10.5 Å². The zero-order chi connectivity index (χ0) is 19.4. The van der Waals surface area contributed by atoms with Gasteiger partial charge in [-0.2, -0.15) is 10.2 Å². The molecule has 0 amide bonds. The van der Waals surface area contributed by atoms with E-state index in [0.717, 1.165) is 0 Å². The van der Waals surface area contributed by atoms with Crippen LogP contribution >= 0.6 is 0 Å². The van der Waals surface area contributed by atoms with Gasteiger partial charge < -0.3 is 9.15 Å². The molecule has 0 radical (unpaired) electrons. The highest BCUT2D eigenvalue weighted by molar-refractivity contribution is 6.04. The van der Waals surface area contributed by atoms with Gasteiger partial charge in [0.2, 0.25) is 0 Å². The number of furan rings is 1. The van der Waals surface area contributed by atoms with E-state index in [1.807, 2.05) is 6.92 Å². The maximum absolute atomic E-state index is 12.2. The Bertz CT molecular complexity index is 1020. The highest BCUT2D eigenvalue weighted by Crippen LogP contribution is 2.26. The van der Waals surface area contributed by atoms with Crippen LogP contribution in [0.1, 0.15) is 30.0 Å². The molecule has 11 nitrogen and oxygen atoms in total. The van der Waals surface area contributed by atoms with Gasteiger partial charge in [0.25, 0.3) is 0 Å². The molecule has 0 spiro atoms.